The molecule has 0 heterocycles. The van der Waals surface area contributed by atoms with Gasteiger partial charge >= 0.3 is 6.03 Å². The molecule has 0 saturated heterocycles. The first kappa shape index (κ1) is 14.0. The molecule has 0 bridgehead atoms. The summed E-state index contributed by atoms with van der Waals surface area (Å²) in [7, 11) is 1.55. The minimum Gasteiger partial charge on any atom is -0.394 e. The fraction of sp³-hybridized carbons (Fsp3) is 0.333. The lowest BCUT2D eigenvalue weighted by atomic mass is 10.2. The van der Waals surface area contributed by atoms with Crippen LogP contribution in [-0.2, 0) is 0 Å². The van der Waals surface area contributed by atoms with Crippen molar-refractivity contribution >= 4 is 17.6 Å². The quantitative estimate of drug-likeness (QED) is 0.630. The summed E-state index contributed by atoms with van der Waals surface area (Å²) < 4.78 is 0. The van der Waals surface area contributed by atoms with Crippen LogP contribution < -0.4 is 16.0 Å². The van der Waals surface area contributed by atoms with Gasteiger partial charge in [0.15, 0.2) is 0 Å². The predicted octanol–water partition coefficient (Wildman–Crippen LogP) is 0.548. The smallest absolute Gasteiger partial charge is 0.319 e. The van der Waals surface area contributed by atoms with Crippen LogP contribution in [0.15, 0.2) is 24.3 Å². The van der Waals surface area contributed by atoms with Crippen LogP contribution in [0.25, 0.3) is 0 Å². The van der Waals surface area contributed by atoms with Gasteiger partial charge in [-0.05, 0) is 31.2 Å². The zero-order valence-electron chi connectivity index (χ0n) is 10.4. The third kappa shape index (κ3) is 4.06. The van der Waals surface area contributed by atoms with Crippen molar-refractivity contribution in [2.45, 2.75) is 13.0 Å². The molecular formula is C12H17N3O3. The number of aliphatic hydroxyl groups is 1. The van der Waals surface area contributed by atoms with Gasteiger partial charge in [-0.2, -0.15) is 0 Å². The summed E-state index contributed by atoms with van der Waals surface area (Å²) >= 11 is 0. The average Bonchev–Trinajstić information content (AvgIpc) is 2.38. The third-order valence-electron chi connectivity index (χ3n) is 2.28. The number of aliphatic hydroxyl groups excluding tert-OH is 1. The zero-order chi connectivity index (χ0) is 13.5. The highest BCUT2D eigenvalue weighted by molar-refractivity contribution is 5.95. The molecule has 0 saturated carbocycles. The van der Waals surface area contributed by atoms with Gasteiger partial charge in [-0.25, -0.2) is 4.79 Å². The van der Waals surface area contributed by atoms with E-state index in [4.69, 9.17) is 5.11 Å². The van der Waals surface area contributed by atoms with Gasteiger partial charge in [0.2, 0.25) is 0 Å². The number of nitrogens with one attached hydrogen (secondary N) is 3. The van der Waals surface area contributed by atoms with E-state index < -0.39 is 6.03 Å². The summed E-state index contributed by atoms with van der Waals surface area (Å²) in [6, 6.07) is 5.79. The largest absolute Gasteiger partial charge is 0.394 e. The molecule has 0 aromatic heterocycles. The average molecular weight is 251 g/mol. The molecular weight excluding hydrogens is 234 g/mol. The van der Waals surface area contributed by atoms with Gasteiger partial charge in [0.1, 0.15) is 0 Å². The summed E-state index contributed by atoms with van der Waals surface area (Å²) in [5, 5.41) is 16.4. The molecule has 0 radical (unpaired) electrons. The Morgan fingerprint density at radius 2 is 1.89 bits per heavy atom. The summed E-state index contributed by atoms with van der Waals surface area (Å²) in [5.41, 5.74) is 1.09. The SMILES string of the molecule is CNC(=O)c1ccc(NC(=O)N[C@@H](C)CO)cc1. The Hall–Kier alpha value is -2.08. The van der Waals surface area contributed by atoms with Crippen molar-refractivity contribution in [2.24, 2.45) is 0 Å². The van der Waals surface area contributed by atoms with Crippen LogP contribution in [0.2, 0.25) is 0 Å². The maximum atomic E-state index is 11.4. The Kier molecular flexibility index (Phi) is 5.13. The maximum absolute atomic E-state index is 11.4. The third-order valence-corrected chi connectivity index (χ3v) is 2.28. The van der Waals surface area contributed by atoms with E-state index in [1.807, 2.05) is 0 Å². The Morgan fingerprint density at radius 1 is 1.28 bits per heavy atom. The highest BCUT2D eigenvalue weighted by Crippen LogP contribution is 2.09. The van der Waals surface area contributed by atoms with Crippen molar-refractivity contribution in [3.8, 4) is 0 Å². The van der Waals surface area contributed by atoms with E-state index in [0.717, 1.165) is 0 Å². The normalized spacial score (nSPS) is 11.5. The number of benzene rings is 1. The van der Waals surface area contributed by atoms with E-state index in [9.17, 15) is 9.59 Å². The monoisotopic (exact) mass is 251 g/mol. The molecule has 1 rings (SSSR count). The zero-order valence-corrected chi connectivity index (χ0v) is 10.4. The van der Waals surface area contributed by atoms with Crippen LogP contribution in [0, 0.1) is 0 Å². The second-order valence-electron chi connectivity index (χ2n) is 3.84. The number of amides is 3. The number of carbonyl (C=O) groups excluding carboxylic acids is 2. The Bertz CT molecular complexity index is 417. The van der Waals surface area contributed by atoms with E-state index in [1.54, 1.807) is 38.2 Å². The van der Waals surface area contributed by atoms with E-state index in [0.29, 0.717) is 11.3 Å². The predicted molar refractivity (Wildman–Crippen MR) is 68.5 cm³/mol. The molecule has 4 N–H and O–H groups in total. The number of anilines is 1. The first-order valence-corrected chi connectivity index (χ1v) is 5.57. The lowest BCUT2D eigenvalue weighted by Crippen LogP contribution is -2.38. The first-order valence-electron chi connectivity index (χ1n) is 5.57. The van der Waals surface area contributed by atoms with Crippen molar-refractivity contribution < 1.29 is 14.7 Å². The highest BCUT2D eigenvalue weighted by Gasteiger charge is 2.07. The van der Waals surface area contributed by atoms with Crippen LogP contribution in [0.4, 0.5) is 10.5 Å². The second kappa shape index (κ2) is 6.61. The molecule has 1 aromatic rings. The molecule has 0 fully saturated rings. The van der Waals surface area contributed by atoms with Crippen molar-refractivity contribution in [2.75, 3.05) is 19.0 Å². The second-order valence-corrected chi connectivity index (χ2v) is 3.84. The minimum atomic E-state index is -0.399. The van der Waals surface area contributed by atoms with E-state index in [1.165, 1.54) is 0 Å². The summed E-state index contributed by atoms with van der Waals surface area (Å²) in [4.78, 5) is 22.7. The van der Waals surface area contributed by atoms with Crippen molar-refractivity contribution in [3.05, 3.63) is 29.8 Å². The molecule has 6 nitrogen and oxygen atoms in total. The van der Waals surface area contributed by atoms with Crippen molar-refractivity contribution in [1.82, 2.24) is 10.6 Å². The lowest BCUT2D eigenvalue weighted by Gasteiger charge is -2.12. The molecule has 3 amide bonds. The molecule has 98 valence electrons. The van der Waals surface area contributed by atoms with E-state index in [2.05, 4.69) is 16.0 Å². The topological polar surface area (TPSA) is 90.5 Å². The van der Waals surface area contributed by atoms with Gasteiger partial charge in [0, 0.05) is 18.3 Å². The van der Waals surface area contributed by atoms with Gasteiger partial charge in [-0.1, -0.05) is 0 Å². The molecule has 0 unspecified atom stereocenters. The standard InChI is InChI=1S/C12H17N3O3/c1-8(7-16)14-12(18)15-10-5-3-9(4-6-10)11(17)13-2/h3-6,8,16H,7H2,1-2H3,(H,13,17)(H2,14,15,18)/t8-/m0/s1. The lowest BCUT2D eigenvalue weighted by molar-refractivity contribution is 0.0963. The number of urea groups is 1. The number of carbonyl (C=O) groups is 2. The van der Waals surface area contributed by atoms with E-state index >= 15 is 0 Å². The van der Waals surface area contributed by atoms with Gasteiger partial charge in [-0.15, -0.1) is 0 Å². The molecule has 18 heavy (non-hydrogen) atoms. The summed E-state index contributed by atoms with van der Waals surface area (Å²) in [5.74, 6) is -0.181. The summed E-state index contributed by atoms with van der Waals surface area (Å²) in [6.45, 7) is 1.57. The molecule has 0 aliphatic heterocycles. The molecule has 1 atom stereocenters. The van der Waals surface area contributed by atoms with Crippen LogP contribution in [0.1, 0.15) is 17.3 Å². The Morgan fingerprint density at radius 3 is 2.39 bits per heavy atom. The molecule has 0 aliphatic rings. The number of hydrogen-bond acceptors (Lipinski definition) is 3. The van der Waals surface area contributed by atoms with Crippen LogP contribution >= 0.6 is 0 Å². The first-order chi connectivity index (χ1) is 8.56. The minimum absolute atomic E-state index is 0.122. The molecule has 1 aromatic carbocycles. The fourth-order valence-electron chi connectivity index (χ4n) is 1.29. The Labute approximate surface area is 105 Å². The maximum Gasteiger partial charge on any atom is 0.319 e. The van der Waals surface area contributed by atoms with Crippen LogP contribution in [0.3, 0.4) is 0 Å². The highest BCUT2D eigenvalue weighted by atomic mass is 16.3. The van der Waals surface area contributed by atoms with E-state index in [-0.39, 0.29) is 18.6 Å². The van der Waals surface area contributed by atoms with Crippen LogP contribution in [-0.4, -0.2) is 36.7 Å². The summed E-state index contributed by atoms with van der Waals surface area (Å²) in [6.07, 6.45) is 0. The van der Waals surface area contributed by atoms with Crippen molar-refractivity contribution in [1.29, 1.82) is 0 Å². The molecule has 6 heteroatoms. The van der Waals surface area contributed by atoms with Gasteiger partial charge < -0.3 is 21.1 Å². The van der Waals surface area contributed by atoms with Crippen molar-refractivity contribution in [3.63, 3.8) is 0 Å². The van der Waals surface area contributed by atoms with Crippen LogP contribution in [0.5, 0.6) is 0 Å². The number of rotatable bonds is 4. The molecule has 0 aliphatic carbocycles. The van der Waals surface area contributed by atoms with Gasteiger partial charge in [0.05, 0.1) is 12.6 Å². The van der Waals surface area contributed by atoms with Gasteiger partial charge in [-0.3, -0.25) is 4.79 Å². The fourth-order valence-corrected chi connectivity index (χ4v) is 1.29. The van der Waals surface area contributed by atoms with Gasteiger partial charge in [0.25, 0.3) is 5.91 Å². The molecule has 0 spiro atoms. The Balaban J connectivity index is 2.58. The number of hydrogen-bond donors (Lipinski definition) is 4.